The van der Waals surface area contributed by atoms with E-state index in [0.717, 1.165) is 11.3 Å². The topological polar surface area (TPSA) is 84.9 Å². The lowest BCUT2D eigenvalue weighted by atomic mass is 10.2. The Bertz CT molecular complexity index is 744. The molecule has 0 fully saturated rings. The number of carboxylic acid groups (broad SMARTS) is 1. The molecule has 6 nitrogen and oxygen atoms in total. The lowest BCUT2D eigenvalue weighted by molar-refractivity contribution is -0.139. The van der Waals surface area contributed by atoms with Crippen LogP contribution in [0.25, 0.3) is 0 Å². The van der Waals surface area contributed by atoms with Gasteiger partial charge in [-0.3, -0.25) is 4.79 Å². The number of rotatable bonds is 8. The Hall–Kier alpha value is -3.02. The Morgan fingerprint density at radius 3 is 2.64 bits per heavy atom. The Labute approximate surface area is 146 Å². The van der Waals surface area contributed by atoms with Gasteiger partial charge in [-0.1, -0.05) is 24.3 Å². The number of ether oxygens (including phenoxy) is 2. The van der Waals surface area contributed by atoms with E-state index in [9.17, 15) is 9.59 Å². The van der Waals surface area contributed by atoms with Crippen LogP contribution in [0.1, 0.15) is 22.8 Å². The van der Waals surface area contributed by atoms with Gasteiger partial charge in [0.1, 0.15) is 17.6 Å². The summed E-state index contributed by atoms with van der Waals surface area (Å²) in [6.45, 7) is 3.72. The normalized spacial score (nSPS) is 11.4. The molecule has 132 valence electrons. The van der Waals surface area contributed by atoms with E-state index in [1.165, 1.54) is 6.07 Å². The molecule has 0 aliphatic carbocycles. The molecule has 0 saturated carbocycles. The van der Waals surface area contributed by atoms with Gasteiger partial charge < -0.3 is 19.9 Å². The average Bonchev–Trinajstić information content (AvgIpc) is 2.60. The van der Waals surface area contributed by atoms with Crippen LogP contribution < -0.4 is 14.8 Å². The molecular weight excluding hydrogens is 322 g/mol. The largest absolute Gasteiger partial charge is 0.489 e. The minimum Gasteiger partial charge on any atom is -0.489 e. The van der Waals surface area contributed by atoms with E-state index in [0.29, 0.717) is 17.9 Å². The van der Waals surface area contributed by atoms with Crippen molar-refractivity contribution in [1.29, 1.82) is 0 Å². The van der Waals surface area contributed by atoms with Crippen molar-refractivity contribution in [2.24, 2.45) is 0 Å². The molecule has 1 unspecified atom stereocenters. The Morgan fingerprint density at radius 1 is 1.16 bits per heavy atom. The first kappa shape index (κ1) is 18.3. The van der Waals surface area contributed by atoms with Crippen molar-refractivity contribution >= 4 is 11.9 Å². The van der Waals surface area contributed by atoms with Crippen molar-refractivity contribution in [3.05, 3.63) is 59.7 Å². The zero-order valence-corrected chi connectivity index (χ0v) is 14.2. The number of nitrogens with one attached hydrogen (secondary N) is 1. The molecule has 0 spiro atoms. The summed E-state index contributed by atoms with van der Waals surface area (Å²) in [5.41, 5.74) is 1.43. The number of aryl methyl sites for hydroxylation is 1. The van der Waals surface area contributed by atoms with Crippen molar-refractivity contribution in [1.82, 2.24) is 5.32 Å². The molecule has 2 rings (SSSR count). The van der Waals surface area contributed by atoms with Crippen LogP contribution in [0.3, 0.4) is 0 Å². The summed E-state index contributed by atoms with van der Waals surface area (Å²) in [7, 11) is 0. The molecule has 2 aromatic rings. The van der Waals surface area contributed by atoms with Gasteiger partial charge in [-0.2, -0.15) is 0 Å². The van der Waals surface area contributed by atoms with Gasteiger partial charge in [0.2, 0.25) is 0 Å². The van der Waals surface area contributed by atoms with Crippen LogP contribution in [0.2, 0.25) is 0 Å². The van der Waals surface area contributed by atoms with Crippen molar-refractivity contribution in [3.63, 3.8) is 0 Å². The molecule has 25 heavy (non-hydrogen) atoms. The fourth-order valence-corrected chi connectivity index (χ4v) is 2.16. The number of carbonyl (C=O) groups excluding carboxylic acids is 1. The van der Waals surface area contributed by atoms with Gasteiger partial charge in [-0.15, -0.1) is 0 Å². The highest BCUT2D eigenvalue weighted by molar-refractivity contribution is 5.94. The van der Waals surface area contributed by atoms with Gasteiger partial charge in [-0.25, -0.2) is 4.79 Å². The van der Waals surface area contributed by atoms with E-state index in [-0.39, 0.29) is 12.0 Å². The highest BCUT2D eigenvalue weighted by Gasteiger charge is 2.11. The summed E-state index contributed by atoms with van der Waals surface area (Å²) >= 11 is 0. The van der Waals surface area contributed by atoms with Crippen LogP contribution in [-0.2, 0) is 4.79 Å². The fraction of sp³-hybridized carbons (Fsp3) is 0.263. The quantitative estimate of drug-likeness (QED) is 0.770. The van der Waals surface area contributed by atoms with E-state index in [1.807, 2.05) is 38.1 Å². The molecule has 0 saturated heterocycles. The third-order valence-corrected chi connectivity index (χ3v) is 3.43. The number of hydrogen-bond donors (Lipinski definition) is 2. The number of carboxylic acids is 1. The summed E-state index contributed by atoms with van der Waals surface area (Å²) in [5, 5.41) is 11.4. The highest BCUT2D eigenvalue weighted by atomic mass is 16.5. The Morgan fingerprint density at radius 2 is 1.92 bits per heavy atom. The van der Waals surface area contributed by atoms with Crippen LogP contribution in [0.5, 0.6) is 11.5 Å². The first-order valence-electron chi connectivity index (χ1n) is 7.91. The molecule has 0 radical (unpaired) electrons. The highest BCUT2D eigenvalue weighted by Crippen LogP contribution is 2.17. The SMILES string of the molecule is Cc1ccccc1OC(C)CNC(=O)c1cccc(OCC(=O)O)c1. The maximum Gasteiger partial charge on any atom is 0.341 e. The van der Waals surface area contributed by atoms with E-state index < -0.39 is 12.6 Å². The second-order valence-corrected chi connectivity index (χ2v) is 5.61. The standard InChI is InChI=1S/C19H21NO5/c1-13-6-3-4-9-17(13)25-14(2)11-20-19(23)15-7-5-8-16(10-15)24-12-18(21)22/h3-10,14H,11-12H2,1-2H3,(H,20,23)(H,21,22). The molecule has 6 heteroatoms. The molecule has 1 atom stereocenters. The van der Waals surface area contributed by atoms with Gasteiger partial charge in [0, 0.05) is 5.56 Å². The maximum absolute atomic E-state index is 12.2. The lowest BCUT2D eigenvalue weighted by Gasteiger charge is -2.17. The zero-order chi connectivity index (χ0) is 18.2. The molecule has 0 bridgehead atoms. The van der Waals surface area contributed by atoms with Gasteiger partial charge >= 0.3 is 5.97 Å². The molecule has 0 heterocycles. The maximum atomic E-state index is 12.2. The van der Waals surface area contributed by atoms with Gasteiger partial charge in [-0.05, 0) is 43.7 Å². The minimum atomic E-state index is -1.07. The van der Waals surface area contributed by atoms with Crippen LogP contribution in [0.15, 0.2) is 48.5 Å². The van der Waals surface area contributed by atoms with Crippen LogP contribution >= 0.6 is 0 Å². The average molecular weight is 343 g/mol. The molecule has 2 N–H and O–H groups in total. The van der Waals surface area contributed by atoms with E-state index in [4.69, 9.17) is 14.6 Å². The number of aliphatic carboxylic acids is 1. The summed E-state index contributed by atoms with van der Waals surface area (Å²) < 4.78 is 10.9. The van der Waals surface area contributed by atoms with E-state index in [1.54, 1.807) is 18.2 Å². The van der Waals surface area contributed by atoms with Crippen LogP contribution in [0, 0.1) is 6.92 Å². The predicted molar refractivity (Wildman–Crippen MR) is 93.2 cm³/mol. The summed E-state index contributed by atoms with van der Waals surface area (Å²) in [6, 6.07) is 14.1. The third kappa shape index (κ3) is 5.84. The molecule has 0 aromatic heterocycles. The molecule has 2 aromatic carbocycles. The van der Waals surface area contributed by atoms with E-state index >= 15 is 0 Å². The lowest BCUT2D eigenvalue weighted by Crippen LogP contribution is -2.33. The van der Waals surface area contributed by atoms with E-state index in [2.05, 4.69) is 5.32 Å². The Balaban J connectivity index is 1.88. The number of amides is 1. The summed E-state index contributed by atoms with van der Waals surface area (Å²) in [6.07, 6.45) is -0.198. The van der Waals surface area contributed by atoms with Crippen molar-refractivity contribution in [2.75, 3.05) is 13.2 Å². The monoisotopic (exact) mass is 343 g/mol. The van der Waals surface area contributed by atoms with Crippen LogP contribution in [-0.4, -0.2) is 36.2 Å². The number of hydrogen-bond acceptors (Lipinski definition) is 4. The first-order valence-corrected chi connectivity index (χ1v) is 7.91. The summed E-state index contributed by atoms with van der Waals surface area (Å²) in [5.74, 6) is -0.231. The predicted octanol–water partition coefficient (Wildman–Crippen LogP) is 2.66. The van der Waals surface area contributed by atoms with Crippen molar-refractivity contribution < 1.29 is 24.2 Å². The summed E-state index contributed by atoms with van der Waals surface area (Å²) in [4.78, 5) is 22.7. The minimum absolute atomic E-state index is 0.198. The second-order valence-electron chi connectivity index (χ2n) is 5.61. The fourth-order valence-electron chi connectivity index (χ4n) is 2.16. The number of para-hydroxylation sites is 1. The zero-order valence-electron chi connectivity index (χ0n) is 14.2. The van der Waals surface area contributed by atoms with Gasteiger partial charge in [0.25, 0.3) is 5.91 Å². The van der Waals surface area contributed by atoms with Crippen molar-refractivity contribution in [2.45, 2.75) is 20.0 Å². The second kappa shape index (κ2) is 8.73. The third-order valence-electron chi connectivity index (χ3n) is 3.43. The van der Waals surface area contributed by atoms with Crippen molar-refractivity contribution in [3.8, 4) is 11.5 Å². The van der Waals surface area contributed by atoms with Gasteiger partial charge in [0.15, 0.2) is 6.61 Å². The van der Waals surface area contributed by atoms with Gasteiger partial charge in [0.05, 0.1) is 6.54 Å². The number of carbonyl (C=O) groups is 2. The first-order chi connectivity index (χ1) is 12.0. The molecule has 1 amide bonds. The number of benzene rings is 2. The molecular formula is C19H21NO5. The molecule has 0 aliphatic rings. The molecule has 0 aliphatic heterocycles. The smallest absolute Gasteiger partial charge is 0.341 e. The van der Waals surface area contributed by atoms with Crippen LogP contribution in [0.4, 0.5) is 0 Å². The Kier molecular flexibility index (Phi) is 6.39.